The van der Waals surface area contributed by atoms with Crippen LogP contribution in [-0.4, -0.2) is 4.98 Å². The normalized spacial score (nSPS) is 10.2. The third-order valence-corrected chi connectivity index (χ3v) is 2.76. The number of aryl methyl sites for hydroxylation is 2. The molecule has 0 aliphatic heterocycles. The molecule has 1 aromatic heterocycles. The predicted octanol–water partition coefficient (Wildman–Crippen LogP) is 2.56. The quantitative estimate of drug-likeness (QED) is 0.640. The summed E-state index contributed by atoms with van der Waals surface area (Å²) in [5.74, 6) is 6.28. The highest BCUT2D eigenvalue weighted by atomic mass is 16.5. The smallest absolute Gasteiger partial charge is 0.130 e. The van der Waals surface area contributed by atoms with Gasteiger partial charge in [-0.05, 0) is 37.1 Å². The molecule has 0 unspecified atom stereocenters. The molecular formula is C14H17N3O. The summed E-state index contributed by atoms with van der Waals surface area (Å²) in [5.41, 5.74) is 6.51. The molecule has 0 saturated heterocycles. The van der Waals surface area contributed by atoms with Gasteiger partial charge in [0.25, 0.3) is 0 Å². The number of nitrogens with zero attached hydrogens (tertiary/aromatic N) is 1. The fourth-order valence-corrected chi connectivity index (χ4v) is 1.82. The summed E-state index contributed by atoms with van der Waals surface area (Å²) in [6.07, 6.45) is 1.71. The summed E-state index contributed by atoms with van der Waals surface area (Å²) < 4.78 is 5.82. The number of rotatable bonds is 4. The maximum absolute atomic E-state index is 5.82. The zero-order valence-corrected chi connectivity index (χ0v) is 10.6. The molecule has 3 N–H and O–H groups in total. The number of ether oxygens (including phenoxy) is 1. The van der Waals surface area contributed by atoms with Crippen LogP contribution in [0.4, 0.5) is 5.69 Å². The number of aromatic nitrogens is 1. The van der Waals surface area contributed by atoms with Crippen LogP contribution in [0.25, 0.3) is 0 Å². The molecule has 2 rings (SSSR count). The van der Waals surface area contributed by atoms with Crippen molar-refractivity contribution in [1.29, 1.82) is 0 Å². The number of benzene rings is 1. The van der Waals surface area contributed by atoms with Gasteiger partial charge in [-0.25, -0.2) is 0 Å². The van der Waals surface area contributed by atoms with Crippen molar-refractivity contribution in [3.8, 4) is 5.75 Å². The predicted molar refractivity (Wildman–Crippen MR) is 72.3 cm³/mol. The zero-order valence-electron chi connectivity index (χ0n) is 10.6. The molecule has 4 nitrogen and oxygen atoms in total. The van der Waals surface area contributed by atoms with Crippen molar-refractivity contribution in [3.63, 3.8) is 0 Å². The fourth-order valence-electron chi connectivity index (χ4n) is 1.82. The molecule has 0 fully saturated rings. The Balaban J connectivity index is 2.11. The summed E-state index contributed by atoms with van der Waals surface area (Å²) in [6.45, 7) is 4.50. The monoisotopic (exact) mass is 243 g/mol. The number of anilines is 1. The largest absolute Gasteiger partial charge is 0.487 e. The Morgan fingerprint density at radius 2 is 1.94 bits per heavy atom. The lowest BCUT2D eigenvalue weighted by Gasteiger charge is -2.11. The van der Waals surface area contributed by atoms with E-state index in [2.05, 4.69) is 10.4 Å². The Morgan fingerprint density at radius 1 is 1.22 bits per heavy atom. The van der Waals surface area contributed by atoms with Crippen LogP contribution in [0.1, 0.15) is 16.8 Å². The first-order chi connectivity index (χ1) is 8.70. The molecule has 0 aliphatic rings. The van der Waals surface area contributed by atoms with Crippen LogP contribution in [0.5, 0.6) is 5.75 Å². The number of hydrazine groups is 1. The second kappa shape index (κ2) is 5.51. The highest BCUT2D eigenvalue weighted by Crippen LogP contribution is 2.23. The first kappa shape index (κ1) is 12.4. The van der Waals surface area contributed by atoms with E-state index in [4.69, 9.17) is 10.6 Å². The standard InChI is InChI=1S/C14H17N3O/c1-10-4-3-5-11(2)14(10)18-9-13-8-12(17-15)6-7-16-13/h3-8H,9,15H2,1-2H3,(H,16,17). The van der Waals surface area contributed by atoms with Gasteiger partial charge in [0.2, 0.25) is 0 Å². The van der Waals surface area contributed by atoms with Crippen LogP contribution >= 0.6 is 0 Å². The molecule has 94 valence electrons. The minimum absolute atomic E-state index is 0.432. The van der Waals surface area contributed by atoms with E-state index in [0.29, 0.717) is 6.61 Å². The van der Waals surface area contributed by atoms with Crippen molar-refractivity contribution in [2.45, 2.75) is 20.5 Å². The van der Waals surface area contributed by atoms with Gasteiger partial charge < -0.3 is 10.2 Å². The number of hydrogen-bond acceptors (Lipinski definition) is 4. The summed E-state index contributed by atoms with van der Waals surface area (Å²) in [7, 11) is 0. The fraction of sp³-hybridized carbons (Fsp3) is 0.214. The molecule has 4 heteroatoms. The van der Waals surface area contributed by atoms with Crippen molar-refractivity contribution < 1.29 is 4.74 Å². The van der Waals surface area contributed by atoms with Gasteiger partial charge in [0.05, 0.1) is 11.4 Å². The van der Waals surface area contributed by atoms with Crippen molar-refractivity contribution >= 4 is 5.69 Å². The minimum atomic E-state index is 0.432. The van der Waals surface area contributed by atoms with E-state index in [1.807, 2.05) is 44.2 Å². The van der Waals surface area contributed by atoms with Crippen LogP contribution in [0, 0.1) is 13.8 Å². The Kier molecular flexibility index (Phi) is 3.79. The Morgan fingerprint density at radius 3 is 2.61 bits per heavy atom. The lowest BCUT2D eigenvalue weighted by Crippen LogP contribution is -2.08. The zero-order chi connectivity index (χ0) is 13.0. The van der Waals surface area contributed by atoms with E-state index in [-0.39, 0.29) is 0 Å². The van der Waals surface area contributed by atoms with Crippen LogP contribution < -0.4 is 16.0 Å². The van der Waals surface area contributed by atoms with Crippen molar-refractivity contribution in [2.75, 3.05) is 5.43 Å². The minimum Gasteiger partial charge on any atom is -0.487 e. The van der Waals surface area contributed by atoms with E-state index >= 15 is 0 Å². The van der Waals surface area contributed by atoms with E-state index in [9.17, 15) is 0 Å². The molecule has 0 bridgehead atoms. The maximum Gasteiger partial charge on any atom is 0.130 e. The number of nitrogens with two attached hydrogens (primary N) is 1. The number of para-hydroxylation sites is 1. The number of hydrogen-bond donors (Lipinski definition) is 2. The van der Waals surface area contributed by atoms with E-state index in [0.717, 1.165) is 28.3 Å². The van der Waals surface area contributed by atoms with Gasteiger partial charge in [-0.1, -0.05) is 18.2 Å². The number of nitrogens with one attached hydrogen (secondary N) is 1. The Labute approximate surface area is 107 Å². The van der Waals surface area contributed by atoms with Crippen LogP contribution in [0.3, 0.4) is 0 Å². The molecule has 2 aromatic rings. The van der Waals surface area contributed by atoms with Gasteiger partial charge in [0.15, 0.2) is 0 Å². The topological polar surface area (TPSA) is 60.2 Å². The van der Waals surface area contributed by atoms with Gasteiger partial charge in [-0.15, -0.1) is 0 Å². The third-order valence-electron chi connectivity index (χ3n) is 2.76. The molecule has 18 heavy (non-hydrogen) atoms. The van der Waals surface area contributed by atoms with Gasteiger partial charge in [-0.3, -0.25) is 10.8 Å². The molecular weight excluding hydrogens is 226 g/mol. The molecule has 1 heterocycles. The number of nitrogen functional groups attached to an aromatic ring is 1. The molecule has 0 saturated carbocycles. The van der Waals surface area contributed by atoms with Gasteiger partial charge in [0.1, 0.15) is 12.4 Å². The van der Waals surface area contributed by atoms with Gasteiger partial charge in [0, 0.05) is 6.20 Å². The maximum atomic E-state index is 5.82. The summed E-state index contributed by atoms with van der Waals surface area (Å²) in [6, 6.07) is 9.77. The second-order valence-electron chi connectivity index (χ2n) is 4.19. The Bertz CT molecular complexity index is 520. The Hall–Kier alpha value is -2.07. The highest BCUT2D eigenvalue weighted by molar-refractivity contribution is 5.42. The average Bonchev–Trinajstić information content (AvgIpc) is 2.38. The SMILES string of the molecule is Cc1cccc(C)c1OCc1cc(NN)ccn1. The van der Waals surface area contributed by atoms with Gasteiger partial charge in [-0.2, -0.15) is 0 Å². The van der Waals surface area contributed by atoms with Crippen LogP contribution in [0.2, 0.25) is 0 Å². The van der Waals surface area contributed by atoms with Crippen molar-refractivity contribution in [2.24, 2.45) is 5.84 Å². The molecule has 0 amide bonds. The molecule has 0 atom stereocenters. The lowest BCUT2D eigenvalue weighted by atomic mass is 10.1. The average molecular weight is 243 g/mol. The van der Waals surface area contributed by atoms with E-state index in [1.165, 1.54) is 0 Å². The molecule has 0 aliphatic carbocycles. The second-order valence-corrected chi connectivity index (χ2v) is 4.19. The third kappa shape index (κ3) is 2.78. The van der Waals surface area contributed by atoms with Crippen molar-refractivity contribution in [3.05, 3.63) is 53.3 Å². The van der Waals surface area contributed by atoms with Crippen LogP contribution in [0.15, 0.2) is 36.5 Å². The van der Waals surface area contributed by atoms with Crippen LogP contribution in [-0.2, 0) is 6.61 Å². The highest BCUT2D eigenvalue weighted by Gasteiger charge is 2.04. The lowest BCUT2D eigenvalue weighted by molar-refractivity contribution is 0.297. The first-order valence-corrected chi connectivity index (χ1v) is 5.81. The molecule has 1 aromatic carbocycles. The van der Waals surface area contributed by atoms with E-state index < -0.39 is 0 Å². The molecule has 0 radical (unpaired) electrons. The number of pyridine rings is 1. The summed E-state index contributed by atoms with van der Waals surface area (Å²) in [4.78, 5) is 4.24. The summed E-state index contributed by atoms with van der Waals surface area (Å²) in [5, 5.41) is 0. The van der Waals surface area contributed by atoms with E-state index in [1.54, 1.807) is 6.20 Å². The summed E-state index contributed by atoms with van der Waals surface area (Å²) >= 11 is 0. The van der Waals surface area contributed by atoms with Crippen molar-refractivity contribution in [1.82, 2.24) is 4.98 Å². The first-order valence-electron chi connectivity index (χ1n) is 5.81. The van der Waals surface area contributed by atoms with Gasteiger partial charge >= 0.3 is 0 Å². The molecule has 0 spiro atoms.